The number of ether oxygens (including phenoxy) is 1. The third kappa shape index (κ3) is 9.43. The number of fused-ring (bicyclic) bond motifs is 1. The van der Waals surface area contributed by atoms with Gasteiger partial charge in [-0.15, -0.1) is 4.91 Å². The van der Waals surface area contributed by atoms with Crippen molar-refractivity contribution < 1.29 is 19.2 Å². The largest absolute Gasteiger partial charge is 0.462 e. The summed E-state index contributed by atoms with van der Waals surface area (Å²) in [6, 6.07) is 1.56. The summed E-state index contributed by atoms with van der Waals surface area (Å²) in [5.41, 5.74) is 1.92. The van der Waals surface area contributed by atoms with Crippen LogP contribution in [0.3, 0.4) is 0 Å². The molecule has 0 saturated carbocycles. The Labute approximate surface area is 224 Å². The van der Waals surface area contributed by atoms with Crippen LogP contribution in [0.4, 0.5) is 5.69 Å². The van der Waals surface area contributed by atoms with Gasteiger partial charge in [-0.2, -0.15) is 0 Å². The van der Waals surface area contributed by atoms with Gasteiger partial charge in [0.2, 0.25) is 0 Å². The van der Waals surface area contributed by atoms with Crippen molar-refractivity contribution in [1.82, 2.24) is 4.90 Å². The molecule has 0 aromatic heterocycles. The number of oxime groups is 1. The summed E-state index contributed by atoms with van der Waals surface area (Å²) >= 11 is 6.58. The number of halogens is 1. The summed E-state index contributed by atoms with van der Waals surface area (Å²) in [5.74, 6) is -0.639. The smallest absolute Gasteiger partial charge is 0.338 e. The molecular weight excluding hydrogens is 494 g/mol. The molecular formula is C28H38ClN3O5. The van der Waals surface area contributed by atoms with Gasteiger partial charge in [-0.3, -0.25) is 4.79 Å². The molecule has 0 spiro atoms. The first-order valence-electron chi connectivity index (χ1n) is 13.1. The standard InChI is InChI=1S/C28H38ClN3O5/c1-4-13-21-18-24(30-35)27(29)23-19-22(31-37-20-25(33)32(15-5-2)16-6-3)14-11-9-7-8-10-12-17-36-28(34)26(21)23/h8,10-11,14,18H,4-7,9,12-13,15-17,19-20H2,1-3H3/b10-8+,14-11+,31-22-. The van der Waals surface area contributed by atoms with Crippen LogP contribution in [-0.2, 0) is 27.2 Å². The fourth-order valence-electron chi connectivity index (χ4n) is 4.12. The number of amides is 1. The van der Waals surface area contributed by atoms with Crippen LogP contribution in [0.1, 0.15) is 80.8 Å². The predicted molar refractivity (Wildman–Crippen MR) is 148 cm³/mol. The summed E-state index contributed by atoms with van der Waals surface area (Å²) in [6.07, 6.45) is 13.1. The van der Waals surface area contributed by atoms with Gasteiger partial charge in [-0.25, -0.2) is 4.79 Å². The van der Waals surface area contributed by atoms with Crippen molar-refractivity contribution in [2.75, 3.05) is 26.3 Å². The fourth-order valence-corrected chi connectivity index (χ4v) is 4.37. The van der Waals surface area contributed by atoms with Gasteiger partial charge < -0.3 is 14.5 Å². The molecule has 37 heavy (non-hydrogen) atoms. The molecule has 1 aliphatic rings. The fraction of sp³-hybridized carbons (Fsp3) is 0.536. The first kappa shape index (κ1) is 30.2. The lowest BCUT2D eigenvalue weighted by atomic mass is 9.93. The molecule has 1 aliphatic heterocycles. The topological polar surface area (TPSA) is 97.6 Å². The molecule has 8 nitrogen and oxygen atoms in total. The normalized spacial score (nSPS) is 17.3. The highest BCUT2D eigenvalue weighted by atomic mass is 35.5. The Morgan fingerprint density at radius 1 is 1.08 bits per heavy atom. The van der Waals surface area contributed by atoms with Gasteiger partial charge in [0.25, 0.3) is 5.91 Å². The molecule has 1 aromatic carbocycles. The molecule has 0 aliphatic carbocycles. The van der Waals surface area contributed by atoms with Gasteiger partial charge in [-0.1, -0.05) is 62.2 Å². The van der Waals surface area contributed by atoms with E-state index in [9.17, 15) is 14.5 Å². The molecule has 0 unspecified atom stereocenters. The molecule has 1 heterocycles. The lowest BCUT2D eigenvalue weighted by Crippen LogP contribution is -2.35. The summed E-state index contributed by atoms with van der Waals surface area (Å²) in [7, 11) is 0. The van der Waals surface area contributed by atoms with E-state index >= 15 is 0 Å². The number of allylic oxidation sites excluding steroid dienone is 3. The van der Waals surface area contributed by atoms with Crippen LogP contribution in [-0.4, -0.2) is 48.8 Å². The molecule has 9 heteroatoms. The number of carbonyl (C=O) groups excluding carboxylic acids is 2. The van der Waals surface area contributed by atoms with Gasteiger partial charge in [-0.05, 0) is 67.0 Å². The summed E-state index contributed by atoms with van der Waals surface area (Å²) in [6.45, 7) is 7.38. The number of nitrogens with zero attached hydrogens (tertiary/aromatic N) is 3. The number of esters is 1. The number of hydrogen-bond donors (Lipinski definition) is 0. The Kier molecular flexibility index (Phi) is 13.6. The zero-order valence-corrected chi connectivity index (χ0v) is 22.9. The van der Waals surface area contributed by atoms with Crippen LogP contribution in [0.5, 0.6) is 0 Å². The first-order chi connectivity index (χ1) is 18.0. The minimum Gasteiger partial charge on any atom is -0.462 e. The van der Waals surface area contributed by atoms with Crippen LogP contribution in [0, 0.1) is 4.91 Å². The van der Waals surface area contributed by atoms with Gasteiger partial charge in [0.15, 0.2) is 6.61 Å². The van der Waals surface area contributed by atoms with E-state index in [0.29, 0.717) is 48.3 Å². The van der Waals surface area contributed by atoms with E-state index in [4.69, 9.17) is 21.2 Å². The predicted octanol–water partition coefficient (Wildman–Crippen LogP) is 6.71. The second-order valence-corrected chi connectivity index (χ2v) is 9.23. The number of hydrogen-bond acceptors (Lipinski definition) is 7. The van der Waals surface area contributed by atoms with Crippen molar-refractivity contribution in [3.05, 3.63) is 57.0 Å². The van der Waals surface area contributed by atoms with Crippen molar-refractivity contribution in [3.8, 4) is 0 Å². The van der Waals surface area contributed by atoms with Crippen molar-refractivity contribution in [2.24, 2.45) is 10.3 Å². The second kappa shape index (κ2) is 16.7. The lowest BCUT2D eigenvalue weighted by Gasteiger charge is -2.20. The van der Waals surface area contributed by atoms with Gasteiger partial charge >= 0.3 is 5.97 Å². The highest BCUT2D eigenvalue weighted by Crippen LogP contribution is 2.35. The highest BCUT2D eigenvalue weighted by Gasteiger charge is 2.24. The molecule has 2 rings (SSSR count). The van der Waals surface area contributed by atoms with Crippen LogP contribution in [0.25, 0.3) is 0 Å². The quantitative estimate of drug-likeness (QED) is 0.145. The van der Waals surface area contributed by atoms with Crippen molar-refractivity contribution in [3.63, 3.8) is 0 Å². The third-order valence-corrected chi connectivity index (χ3v) is 6.23. The Balaban J connectivity index is 2.47. The molecule has 1 amide bonds. The van der Waals surface area contributed by atoms with E-state index in [1.807, 2.05) is 39.0 Å². The third-order valence-electron chi connectivity index (χ3n) is 5.81. The van der Waals surface area contributed by atoms with E-state index in [1.54, 1.807) is 17.0 Å². The van der Waals surface area contributed by atoms with E-state index < -0.39 is 5.97 Å². The van der Waals surface area contributed by atoms with Crippen LogP contribution >= 0.6 is 11.6 Å². The number of benzene rings is 1. The molecule has 0 bridgehead atoms. The monoisotopic (exact) mass is 531 g/mol. The number of nitroso groups, excluding NO2 is 1. The molecule has 0 N–H and O–H groups in total. The molecule has 0 radical (unpaired) electrons. The average molecular weight is 532 g/mol. The Morgan fingerprint density at radius 3 is 2.46 bits per heavy atom. The van der Waals surface area contributed by atoms with Gasteiger partial charge in [0.05, 0.1) is 22.9 Å². The maximum absolute atomic E-state index is 13.2. The van der Waals surface area contributed by atoms with Crippen molar-refractivity contribution >= 4 is 34.9 Å². The van der Waals surface area contributed by atoms with Crippen LogP contribution in [0.15, 0.2) is 40.7 Å². The summed E-state index contributed by atoms with van der Waals surface area (Å²) in [5, 5.41) is 7.41. The Hall–Kier alpha value is -3.00. The molecule has 0 fully saturated rings. The Bertz CT molecular complexity index is 1010. The molecule has 202 valence electrons. The number of carbonyl (C=O) groups is 2. The number of rotatable bonds is 10. The maximum Gasteiger partial charge on any atom is 0.338 e. The SMILES string of the molecule is CCCc1cc(N=O)c(Cl)c2c1C(=O)OCC/C=C/CC/C=C/C(=N/OCC(=O)N(CCC)CCC)C2. The van der Waals surface area contributed by atoms with E-state index in [-0.39, 0.29) is 36.3 Å². The van der Waals surface area contributed by atoms with Gasteiger partial charge in [0, 0.05) is 19.5 Å². The summed E-state index contributed by atoms with van der Waals surface area (Å²) < 4.78 is 5.55. The van der Waals surface area contributed by atoms with E-state index in [0.717, 1.165) is 32.1 Å². The first-order valence-corrected chi connectivity index (χ1v) is 13.5. The molecule has 1 aromatic rings. The number of cyclic esters (lactones) is 1. The van der Waals surface area contributed by atoms with Crippen molar-refractivity contribution in [2.45, 2.75) is 72.1 Å². The molecule has 0 saturated heterocycles. The molecule has 0 atom stereocenters. The Morgan fingerprint density at radius 2 is 1.78 bits per heavy atom. The summed E-state index contributed by atoms with van der Waals surface area (Å²) in [4.78, 5) is 44.6. The van der Waals surface area contributed by atoms with E-state index in [1.165, 1.54) is 0 Å². The van der Waals surface area contributed by atoms with Crippen molar-refractivity contribution in [1.29, 1.82) is 0 Å². The maximum atomic E-state index is 13.2. The van der Waals surface area contributed by atoms with E-state index in [2.05, 4.69) is 10.3 Å². The second-order valence-electron chi connectivity index (χ2n) is 8.85. The lowest BCUT2D eigenvalue weighted by molar-refractivity contribution is -0.136. The highest BCUT2D eigenvalue weighted by molar-refractivity contribution is 6.34. The minimum atomic E-state index is -0.502. The number of aryl methyl sites for hydroxylation is 1. The zero-order chi connectivity index (χ0) is 27.0. The minimum absolute atomic E-state index is 0.0647. The zero-order valence-electron chi connectivity index (χ0n) is 22.1. The van der Waals surface area contributed by atoms with Gasteiger partial charge in [0.1, 0.15) is 5.69 Å². The van der Waals surface area contributed by atoms with Crippen LogP contribution < -0.4 is 0 Å². The van der Waals surface area contributed by atoms with Crippen LogP contribution in [0.2, 0.25) is 5.02 Å². The average Bonchev–Trinajstić information content (AvgIpc) is 2.88.